The first-order chi connectivity index (χ1) is 17.0. The Labute approximate surface area is 206 Å². The summed E-state index contributed by atoms with van der Waals surface area (Å²) in [4.78, 5) is 14.8. The van der Waals surface area contributed by atoms with E-state index in [2.05, 4.69) is 31.0 Å². The minimum atomic E-state index is -0.113. The number of nitrogens with one attached hydrogen (secondary N) is 1. The van der Waals surface area contributed by atoms with Crippen molar-refractivity contribution in [2.45, 2.75) is 32.9 Å². The van der Waals surface area contributed by atoms with E-state index < -0.39 is 0 Å². The van der Waals surface area contributed by atoms with Crippen LogP contribution in [0.2, 0.25) is 0 Å². The van der Waals surface area contributed by atoms with Gasteiger partial charge in [0.15, 0.2) is 0 Å². The Morgan fingerprint density at radius 3 is 2.49 bits per heavy atom. The van der Waals surface area contributed by atoms with Gasteiger partial charge in [-0.2, -0.15) is 0 Å². The Balaban J connectivity index is 1.34. The molecule has 0 saturated carbocycles. The van der Waals surface area contributed by atoms with Crippen molar-refractivity contribution in [2.24, 2.45) is 0 Å². The van der Waals surface area contributed by atoms with E-state index in [1.165, 1.54) is 0 Å². The number of methoxy groups -OCH3 is 3. The van der Waals surface area contributed by atoms with E-state index in [0.29, 0.717) is 18.5 Å². The molecule has 9 nitrogen and oxygen atoms in total. The van der Waals surface area contributed by atoms with Gasteiger partial charge in [-0.3, -0.25) is 9.69 Å². The molecule has 1 aliphatic heterocycles. The highest BCUT2D eigenvalue weighted by atomic mass is 16.5. The van der Waals surface area contributed by atoms with E-state index in [4.69, 9.17) is 14.2 Å². The van der Waals surface area contributed by atoms with Crippen molar-refractivity contribution in [3.05, 3.63) is 64.7 Å². The summed E-state index contributed by atoms with van der Waals surface area (Å²) >= 11 is 0. The average Bonchev–Trinajstić information content (AvgIpc) is 3.15. The standard InChI is InChI=1S/C26H33N5O4/c1-18-22(34-3)10-7-20(25(18)35-4)17-30-14-12-24-29-28-23(31(24)16-15-30)11-13-27-26(32)19-5-8-21(33-2)9-6-19/h5-10H,11-17H2,1-4H3,(H,27,32). The number of hydrogen-bond acceptors (Lipinski definition) is 7. The van der Waals surface area contributed by atoms with Gasteiger partial charge in [-0.1, -0.05) is 6.07 Å². The molecule has 0 atom stereocenters. The lowest BCUT2D eigenvalue weighted by molar-refractivity contribution is 0.0954. The third-order valence-corrected chi connectivity index (χ3v) is 6.44. The first-order valence-electron chi connectivity index (χ1n) is 11.8. The monoisotopic (exact) mass is 479 g/mol. The van der Waals surface area contributed by atoms with Crippen LogP contribution in [0.4, 0.5) is 0 Å². The molecule has 1 aromatic heterocycles. The zero-order valence-electron chi connectivity index (χ0n) is 20.8. The number of carbonyl (C=O) groups is 1. The zero-order valence-corrected chi connectivity index (χ0v) is 20.8. The molecule has 35 heavy (non-hydrogen) atoms. The quantitative estimate of drug-likeness (QED) is 0.505. The van der Waals surface area contributed by atoms with Crippen molar-refractivity contribution in [3.8, 4) is 17.2 Å². The maximum absolute atomic E-state index is 12.4. The number of fused-ring (bicyclic) bond motifs is 1. The number of carbonyl (C=O) groups excluding carboxylic acids is 1. The van der Waals surface area contributed by atoms with Gasteiger partial charge in [-0.15, -0.1) is 10.2 Å². The third kappa shape index (κ3) is 5.57. The van der Waals surface area contributed by atoms with Crippen molar-refractivity contribution in [1.82, 2.24) is 25.0 Å². The number of nitrogens with zero attached hydrogens (tertiary/aromatic N) is 4. The lowest BCUT2D eigenvalue weighted by atomic mass is 10.1. The van der Waals surface area contributed by atoms with Gasteiger partial charge in [0.2, 0.25) is 0 Å². The average molecular weight is 480 g/mol. The molecule has 1 aliphatic rings. The maximum atomic E-state index is 12.4. The Morgan fingerprint density at radius 1 is 0.971 bits per heavy atom. The Bertz CT molecular complexity index is 1160. The normalized spacial score (nSPS) is 13.6. The van der Waals surface area contributed by atoms with E-state index in [1.807, 2.05) is 13.0 Å². The van der Waals surface area contributed by atoms with Gasteiger partial charge in [0, 0.05) is 62.3 Å². The van der Waals surface area contributed by atoms with E-state index in [9.17, 15) is 4.79 Å². The van der Waals surface area contributed by atoms with Crippen LogP contribution in [0, 0.1) is 6.92 Å². The number of aromatic nitrogens is 3. The molecule has 2 heterocycles. The molecule has 9 heteroatoms. The number of amides is 1. The van der Waals surface area contributed by atoms with Gasteiger partial charge in [0.05, 0.1) is 21.3 Å². The SMILES string of the molecule is COc1ccc(C(=O)NCCc2nnc3n2CCN(Cc2ccc(OC)c(C)c2OC)CC3)cc1. The van der Waals surface area contributed by atoms with Crippen LogP contribution >= 0.6 is 0 Å². The minimum Gasteiger partial charge on any atom is -0.497 e. The van der Waals surface area contributed by atoms with E-state index in [-0.39, 0.29) is 5.91 Å². The highest BCUT2D eigenvalue weighted by molar-refractivity contribution is 5.94. The van der Waals surface area contributed by atoms with Crippen molar-refractivity contribution in [3.63, 3.8) is 0 Å². The van der Waals surface area contributed by atoms with Gasteiger partial charge in [-0.25, -0.2) is 0 Å². The molecule has 0 unspecified atom stereocenters. The molecule has 0 aliphatic carbocycles. The van der Waals surface area contributed by atoms with Crippen LogP contribution in [0.5, 0.6) is 17.2 Å². The van der Waals surface area contributed by atoms with Crippen molar-refractivity contribution in [2.75, 3.05) is 41.0 Å². The summed E-state index contributed by atoms with van der Waals surface area (Å²) in [6, 6.07) is 11.1. The Kier molecular flexibility index (Phi) is 7.87. The fourth-order valence-electron chi connectivity index (χ4n) is 4.50. The van der Waals surface area contributed by atoms with Gasteiger partial charge >= 0.3 is 0 Å². The Hall–Kier alpha value is -3.59. The fraction of sp³-hybridized carbons (Fsp3) is 0.423. The second-order valence-electron chi connectivity index (χ2n) is 8.53. The highest BCUT2D eigenvalue weighted by Crippen LogP contribution is 2.32. The number of rotatable bonds is 9. The Morgan fingerprint density at radius 2 is 1.77 bits per heavy atom. The molecule has 0 saturated heterocycles. The lowest BCUT2D eigenvalue weighted by Gasteiger charge is -2.22. The summed E-state index contributed by atoms with van der Waals surface area (Å²) in [5.41, 5.74) is 2.76. The summed E-state index contributed by atoms with van der Waals surface area (Å²) in [7, 11) is 4.98. The molecule has 4 rings (SSSR count). The smallest absolute Gasteiger partial charge is 0.251 e. The molecular formula is C26H33N5O4. The molecule has 0 radical (unpaired) electrons. The van der Waals surface area contributed by atoms with E-state index in [0.717, 1.165) is 72.6 Å². The van der Waals surface area contributed by atoms with Crippen LogP contribution in [0.1, 0.15) is 33.1 Å². The minimum absolute atomic E-state index is 0.113. The zero-order chi connectivity index (χ0) is 24.8. The van der Waals surface area contributed by atoms with Crippen molar-refractivity contribution >= 4 is 5.91 Å². The summed E-state index contributed by atoms with van der Waals surface area (Å²) in [5, 5.41) is 11.8. The maximum Gasteiger partial charge on any atom is 0.251 e. The second kappa shape index (κ2) is 11.2. The first-order valence-corrected chi connectivity index (χ1v) is 11.8. The number of benzene rings is 2. The van der Waals surface area contributed by atoms with Crippen LogP contribution in [0.3, 0.4) is 0 Å². The molecule has 0 spiro atoms. The molecular weight excluding hydrogens is 446 g/mol. The predicted molar refractivity (Wildman–Crippen MR) is 132 cm³/mol. The third-order valence-electron chi connectivity index (χ3n) is 6.44. The van der Waals surface area contributed by atoms with Crippen LogP contribution in [0.25, 0.3) is 0 Å². The number of ether oxygens (including phenoxy) is 3. The molecule has 2 aromatic carbocycles. The highest BCUT2D eigenvalue weighted by Gasteiger charge is 2.21. The molecule has 1 amide bonds. The van der Waals surface area contributed by atoms with E-state index >= 15 is 0 Å². The lowest BCUT2D eigenvalue weighted by Crippen LogP contribution is -2.28. The van der Waals surface area contributed by atoms with E-state index in [1.54, 1.807) is 45.6 Å². The summed E-state index contributed by atoms with van der Waals surface area (Å²) in [6.45, 7) is 5.88. The predicted octanol–water partition coefficient (Wildman–Crippen LogP) is 2.64. The number of hydrogen-bond donors (Lipinski definition) is 1. The van der Waals surface area contributed by atoms with Crippen LogP contribution < -0.4 is 19.5 Å². The molecule has 1 N–H and O–H groups in total. The molecule has 0 bridgehead atoms. The van der Waals surface area contributed by atoms with Crippen LogP contribution in [-0.2, 0) is 25.9 Å². The molecule has 3 aromatic rings. The summed E-state index contributed by atoms with van der Waals surface area (Å²) in [5.74, 6) is 4.20. The van der Waals surface area contributed by atoms with Gasteiger partial charge in [0.25, 0.3) is 5.91 Å². The second-order valence-corrected chi connectivity index (χ2v) is 8.53. The van der Waals surface area contributed by atoms with Gasteiger partial charge < -0.3 is 24.1 Å². The fourth-order valence-corrected chi connectivity index (χ4v) is 4.50. The topological polar surface area (TPSA) is 90.7 Å². The van der Waals surface area contributed by atoms with Crippen LogP contribution in [0.15, 0.2) is 36.4 Å². The summed E-state index contributed by atoms with van der Waals surface area (Å²) < 4.78 is 18.5. The van der Waals surface area contributed by atoms with Gasteiger partial charge in [0.1, 0.15) is 28.9 Å². The largest absolute Gasteiger partial charge is 0.497 e. The summed E-state index contributed by atoms with van der Waals surface area (Å²) in [6.07, 6.45) is 1.45. The first kappa shape index (κ1) is 24.5. The van der Waals surface area contributed by atoms with Crippen molar-refractivity contribution < 1.29 is 19.0 Å². The van der Waals surface area contributed by atoms with Crippen molar-refractivity contribution in [1.29, 1.82) is 0 Å². The van der Waals surface area contributed by atoms with Gasteiger partial charge in [-0.05, 0) is 37.3 Å². The molecule has 0 fully saturated rings. The van der Waals surface area contributed by atoms with Crippen LogP contribution in [-0.4, -0.2) is 66.5 Å². The molecule has 186 valence electrons.